The van der Waals surface area contributed by atoms with E-state index >= 15 is 0 Å². The number of benzene rings is 1. The molecule has 2 rings (SSSR count). The van der Waals surface area contributed by atoms with Crippen molar-refractivity contribution in [2.24, 2.45) is 0 Å². The van der Waals surface area contributed by atoms with Gasteiger partial charge in [0.15, 0.2) is 0 Å². The molecule has 2 N–H and O–H groups in total. The largest absolute Gasteiger partial charge is 0.477 e. The van der Waals surface area contributed by atoms with Gasteiger partial charge in [-0.05, 0) is 24.6 Å². The molecule has 0 radical (unpaired) electrons. The van der Waals surface area contributed by atoms with Gasteiger partial charge in [0.25, 0.3) is 5.56 Å². The Bertz CT molecular complexity index is 818. The summed E-state index contributed by atoms with van der Waals surface area (Å²) < 4.78 is 1.11. The van der Waals surface area contributed by atoms with Gasteiger partial charge in [0, 0.05) is 26.0 Å². The van der Waals surface area contributed by atoms with E-state index in [1.54, 1.807) is 12.1 Å². The molecule has 7 nitrogen and oxygen atoms in total. The lowest BCUT2D eigenvalue weighted by Gasteiger charge is -2.17. The quantitative estimate of drug-likeness (QED) is 0.862. The standard InChI is InChI=1S/C14H15N3O4/c1-8-4-5-9(6-11(8)16(2)3)17-7-10(13(19)20)12(18)15-14(17)21/h4-7H,1-3H3,(H,19,20)(H,15,18,21). The van der Waals surface area contributed by atoms with Crippen molar-refractivity contribution in [3.05, 3.63) is 56.4 Å². The fourth-order valence-electron chi connectivity index (χ4n) is 2.04. The van der Waals surface area contributed by atoms with Crippen molar-refractivity contribution >= 4 is 11.7 Å². The Morgan fingerprint density at radius 3 is 2.52 bits per heavy atom. The molecular formula is C14H15N3O4. The molecule has 0 saturated heterocycles. The first-order valence-electron chi connectivity index (χ1n) is 6.19. The van der Waals surface area contributed by atoms with Crippen molar-refractivity contribution in [2.75, 3.05) is 19.0 Å². The summed E-state index contributed by atoms with van der Waals surface area (Å²) in [6.07, 6.45) is 1.04. The molecule has 1 aromatic heterocycles. The second kappa shape index (κ2) is 5.28. The lowest BCUT2D eigenvalue weighted by Crippen LogP contribution is -2.32. The molecule has 0 aliphatic carbocycles. The Hall–Kier alpha value is -2.83. The zero-order valence-electron chi connectivity index (χ0n) is 11.9. The highest BCUT2D eigenvalue weighted by molar-refractivity contribution is 5.86. The van der Waals surface area contributed by atoms with E-state index in [1.807, 2.05) is 37.0 Å². The van der Waals surface area contributed by atoms with E-state index in [2.05, 4.69) is 0 Å². The van der Waals surface area contributed by atoms with Crippen LogP contribution >= 0.6 is 0 Å². The van der Waals surface area contributed by atoms with Crippen LogP contribution < -0.4 is 16.1 Å². The molecule has 1 heterocycles. The minimum absolute atomic E-state index is 0.480. The third-order valence-corrected chi connectivity index (χ3v) is 3.13. The monoisotopic (exact) mass is 289 g/mol. The zero-order chi connectivity index (χ0) is 15.7. The van der Waals surface area contributed by atoms with E-state index in [1.165, 1.54) is 0 Å². The van der Waals surface area contributed by atoms with Gasteiger partial charge in [-0.2, -0.15) is 0 Å². The number of H-pyrrole nitrogens is 1. The van der Waals surface area contributed by atoms with Crippen molar-refractivity contribution < 1.29 is 9.90 Å². The molecule has 0 spiro atoms. The van der Waals surface area contributed by atoms with Crippen LogP contribution in [0.1, 0.15) is 15.9 Å². The highest BCUT2D eigenvalue weighted by Gasteiger charge is 2.13. The average molecular weight is 289 g/mol. The summed E-state index contributed by atoms with van der Waals surface area (Å²) in [7, 11) is 3.73. The van der Waals surface area contributed by atoms with Crippen molar-refractivity contribution in [1.82, 2.24) is 9.55 Å². The number of carboxylic acid groups (broad SMARTS) is 1. The van der Waals surface area contributed by atoms with Crippen LogP contribution in [0.25, 0.3) is 5.69 Å². The minimum Gasteiger partial charge on any atom is -0.477 e. The normalized spacial score (nSPS) is 10.4. The zero-order valence-corrected chi connectivity index (χ0v) is 11.9. The minimum atomic E-state index is -1.38. The predicted molar refractivity (Wildman–Crippen MR) is 78.7 cm³/mol. The second-order valence-corrected chi connectivity index (χ2v) is 4.84. The SMILES string of the molecule is Cc1ccc(-n2cc(C(=O)O)c(=O)[nH]c2=O)cc1N(C)C. The lowest BCUT2D eigenvalue weighted by molar-refractivity contribution is 0.0694. The molecule has 0 fully saturated rings. The molecule has 110 valence electrons. The number of anilines is 1. The van der Waals surface area contributed by atoms with Gasteiger partial charge in [-0.1, -0.05) is 6.07 Å². The van der Waals surface area contributed by atoms with Gasteiger partial charge in [0.2, 0.25) is 0 Å². The van der Waals surface area contributed by atoms with Crippen LogP contribution in [0.4, 0.5) is 5.69 Å². The van der Waals surface area contributed by atoms with Crippen molar-refractivity contribution in [2.45, 2.75) is 6.92 Å². The summed E-state index contributed by atoms with van der Waals surface area (Å²) in [6, 6.07) is 5.26. The second-order valence-electron chi connectivity index (χ2n) is 4.84. The van der Waals surface area contributed by atoms with Gasteiger partial charge in [0.1, 0.15) is 5.56 Å². The predicted octanol–water partition coefficient (Wildman–Crippen LogP) is 0.598. The van der Waals surface area contributed by atoms with E-state index in [0.29, 0.717) is 5.69 Å². The maximum atomic E-state index is 11.9. The molecule has 0 unspecified atom stereocenters. The van der Waals surface area contributed by atoms with Gasteiger partial charge < -0.3 is 10.0 Å². The molecule has 21 heavy (non-hydrogen) atoms. The highest BCUT2D eigenvalue weighted by atomic mass is 16.4. The number of aromatic carboxylic acids is 1. The Kier molecular flexibility index (Phi) is 3.66. The third-order valence-electron chi connectivity index (χ3n) is 3.13. The Labute approximate surface area is 120 Å². The number of aryl methyl sites for hydroxylation is 1. The molecule has 0 aliphatic heterocycles. The van der Waals surface area contributed by atoms with Gasteiger partial charge in [-0.3, -0.25) is 14.3 Å². The fourth-order valence-corrected chi connectivity index (χ4v) is 2.04. The summed E-state index contributed by atoms with van der Waals surface area (Å²) in [5, 5.41) is 8.97. The maximum Gasteiger partial charge on any atom is 0.342 e. The van der Waals surface area contributed by atoms with Crippen molar-refractivity contribution in [3.63, 3.8) is 0 Å². The number of aromatic nitrogens is 2. The third kappa shape index (κ3) is 2.71. The molecule has 2 aromatic rings. The molecular weight excluding hydrogens is 274 g/mol. The first-order chi connectivity index (χ1) is 9.81. The van der Waals surface area contributed by atoms with Crippen molar-refractivity contribution in [1.29, 1.82) is 0 Å². The lowest BCUT2D eigenvalue weighted by atomic mass is 10.1. The molecule has 0 atom stereocenters. The number of carbonyl (C=O) groups is 1. The Balaban J connectivity index is 2.70. The van der Waals surface area contributed by atoms with Crippen LogP contribution in [-0.4, -0.2) is 34.7 Å². The number of nitrogens with zero attached hydrogens (tertiary/aromatic N) is 2. The molecule has 0 saturated carbocycles. The van der Waals surface area contributed by atoms with Crippen LogP contribution in [0.5, 0.6) is 0 Å². The Morgan fingerprint density at radius 2 is 1.95 bits per heavy atom. The number of nitrogens with one attached hydrogen (secondary N) is 1. The summed E-state index contributed by atoms with van der Waals surface area (Å²) >= 11 is 0. The molecule has 7 heteroatoms. The van der Waals surface area contributed by atoms with Crippen molar-refractivity contribution in [3.8, 4) is 5.69 Å². The topological polar surface area (TPSA) is 95.4 Å². The summed E-state index contributed by atoms with van der Waals surface area (Å²) in [4.78, 5) is 38.2. The summed E-state index contributed by atoms with van der Waals surface area (Å²) in [6.45, 7) is 1.93. The van der Waals surface area contributed by atoms with Gasteiger partial charge >= 0.3 is 11.7 Å². The number of rotatable bonds is 3. The average Bonchev–Trinajstić information content (AvgIpc) is 2.39. The van der Waals surface area contributed by atoms with Crippen LogP contribution in [0.15, 0.2) is 34.0 Å². The van der Waals surface area contributed by atoms with Gasteiger partial charge in [-0.15, -0.1) is 0 Å². The highest BCUT2D eigenvalue weighted by Crippen LogP contribution is 2.21. The first kappa shape index (κ1) is 14.6. The molecule has 0 bridgehead atoms. The van der Waals surface area contributed by atoms with Crippen LogP contribution in [-0.2, 0) is 0 Å². The van der Waals surface area contributed by atoms with Gasteiger partial charge in [0.05, 0.1) is 5.69 Å². The number of hydrogen-bond donors (Lipinski definition) is 2. The van der Waals surface area contributed by atoms with E-state index in [0.717, 1.165) is 22.0 Å². The maximum absolute atomic E-state index is 11.9. The van der Waals surface area contributed by atoms with Gasteiger partial charge in [-0.25, -0.2) is 9.59 Å². The summed E-state index contributed by atoms with van der Waals surface area (Å²) in [5.74, 6) is -1.38. The van der Waals surface area contributed by atoms with E-state index in [-0.39, 0.29) is 0 Å². The van der Waals surface area contributed by atoms with Crippen LogP contribution in [0, 0.1) is 6.92 Å². The number of aromatic amines is 1. The number of carboxylic acids is 1. The van der Waals surface area contributed by atoms with E-state index in [9.17, 15) is 14.4 Å². The smallest absolute Gasteiger partial charge is 0.342 e. The Morgan fingerprint density at radius 1 is 1.29 bits per heavy atom. The first-order valence-corrected chi connectivity index (χ1v) is 6.19. The molecule has 0 aliphatic rings. The van der Waals surface area contributed by atoms with E-state index in [4.69, 9.17) is 5.11 Å². The van der Waals surface area contributed by atoms with Crippen LogP contribution in [0.3, 0.4) is 0 Å². The number of hydrogen-bond acceptors (Lipinski definition) is 4. The van der Waals surface area contributed by atoms with Crippen LogP contribution in [0.2, 0.25) is 0 Å². The molecule has 1 aromatic carbocycles. The molecule has 0 amide bonds. The summed E-state index contributed by atoms with van der Waals surface area (Å²) in [5.41, 5.74) is 0.305. The fraction of sp³-hybridized carbons (Fsp3) is 0.214. The van der Waals surface area contributed by atoms with E-state index < -0.39 is 22.8 Å².